The minimum atomic E-state index is -0.352. The molecule has 3 heterocycles. The number of nitrogens with zero attached hydrogens (tertiary/aromatic N) is 3. The Hall–Kier alpha value is -2.45. The van der Waals surface area contributed by atoms with Crippen LogP contribution in [-0.2, 0) is 6.54 Å². The largest absolute Gasteiger partial charge is 0.322 e. The Morgan fingerprint density at radius 3 is 2.83 bits per heavy atom. The molecule has 2 amide bonds. The number of anilines is 1. The van der Waals surface area contributed by atoms with Crippen LogP contribution in [0.3, 0.4) is 0 Å². The van der Waals surface area contributed by atoms with Gasteiger partial charge in [0, 0.05) is 17.9 Å². The highest BCUT2D eigenvalue weighted by Crippen LogP contribution is 2.23. The lowest BCUT2D eigenvalue weighted by molar-refractivity contribution is 0.218. The van der Waals surface area contributed by atoms with E-state index in [1.807, 2.05) is 18.2 Å². The summed E-state index contributed by atoms with van der Waals surface area (Å²) in [6, 6.07) is 11.7. The highest BCUT2D eigenvalue weighted by molar-refractivity contribution is 8.14. The molecule has 1 atom stereocenters. The third-order valence-electron chi connectivity index (χ3n) is 4.90. The molecule has 0 spiro atoms. The zero-order chi connectivity index (χ0) is 20.1. The topological polar surface area (TPSA) is 69.6 Å². The lowest BCUT2D eigenvalue weighted by Crippen LogP contribution is -2.37. The summed E-state index contributed by atoms with van der Waals surface area (Å²) in [7, 11) is 0. The van der Waals surface area contributed by atoms with E-state index in [4.69, 9.17) is 0 Å². The number of rotatable bonds is 5. The van der Waals surface area contributed by atoms with Crippen LogP contribution in [0.5, 0.6) is 0 Å². The average molecular weight is 414 g/mol. The third-order valence-corrected chi connectivity index (χ3v) is 6.00. The number of amides is 2. The molecule has 1 aromatic heterocycles. The molecule has 29 heavy (non-hydrogen) atoms. The van der Waals surface area contributed by atoms with Crippen molar-refractivity contribution in [3.05, 3.63) is 59.5 Å². The number of nitrogens with one attached hydrogen (secondary N) is 2. The van der Waals surface area contributed by atoms with Gasteiger partial charge in [-0.1, -0.05) is 24.6 Å². The fourth-order valence-electron chi connectivity index (χ4n) is 3.51. The molecule has 4 rings (SSSR count). The van der Waals surface area contributed by atoms with Crippen LogP contribution in [-0.4, -0.2) is 46.0 Å². The second kappa shape index (κ2) is 9.37. The first-order chi connectivity index (χ1) is 14.2. The first kappa shape index (κ1) is 19.8. The molecule has 152 valence electrons. The van der Waals surface area contributed by atoms with Crippen molar-refractivity contribution >= 4 is 28.7 Å². The van der Waals surface area contributed by atoms with Gasteiger partial charge in [0.1, 0.15) is 22.8 Å². The molecular weight excluding hydrogens is 389 g/mol. The van der Waals surface area contributed by atoms with Crippen molar-refractivity contribution in [2.45, 2.75) is 32.0 Å². The molecule has 1 aromatic carbocycles. The summed E-state index contributed by atoms with van der Waals surface area (Å²) in [4.78, 5) is 23.8. The smallest absolute Gasteiger partial charge is 0.315 e. The van der Waals surface area contributed by atoms with E-state index in [9.17, 15) is 9.18 Å². The number of hydrogen-bond acceptors (Lipinski definition) is 5. The van der Waals surface area contributed by atoms with Crippen LogP contribution in [0.2, 0.25) is 0 Å². The number of urea groups is 1. The second-order valence-corrected chi connectivity index (χ2v) is 8.23. The van der Waals surface area contributed by atoms with Crippen molar-refractivity contribution in [3.8, 4) is 0 Å². The number of carbonyl (C=O) groups is 1. The number of aromatic nitrogens is 1. The van der Waals surface area contributed by atoms with Crippen LogP contribution in [0.25, 0.3) is 0 Å². The van der Waals surface area contributed by atoms with Gasteiger partial charge in [-0.25, -0.2) is 14.2 Å². The Morgan fingerprint density at radius 2 is 2.00 bits per heavy atom. The summed E-state index contributed by atoms with van der Waals surface area (Å²) in [6.45, 7) is 3.01. The number of carbonyl (C=O) groups excluding carboxylic acids is 1. The Labute approximate surface area is 174 Å². The Kier molecular flexibility index (Phi) is 6.41. The van der Waals surface area contributed by atoms with Gasteiger partial charge in [0.25, 0.3) is 0 Å². The van der Waals surface area contributed by atoms with E-state index in [1.54, 1.807) is 12.1 Å². The van der Waals surface area contributed by atoms with Crippen molar-refractivity contribution < 1.29 is 9.18 Å². The number of pyridine rings is 1. The van der Waals surface area contributed by atoms with E-state index in [0.717, 1.165) is 35.9 Å². The van der Waals surface area contributed by atoms with Crippen molar-refractivity contribution in [2.75, 3.05) is 24.2 Å². The predicted octanol–water partition coefficient (Wildman–Crippen LogP) is 3.85. The number of benzene rings is 1. The molecule has 0 bridgehead atoms. The monoisotopic (exact) mass is 413 g/mol. The maximum Gasteiger partial charge on any atom is 0.322 e. The molecule has 6 nitrogen and oxygen atoms in total. The standard InChI is InChI=1S/C21H24FN5OS/c22-16-7-4-6-15(12-16)20-24-19(14-29-20)26-21(28)25-18-9-5-8-17(23-18)13-27-10-2-1-3-11-27/h4-9,12,19H,1-3,10-11,13-14H2,(H2,23,25,26,28). The molecule has 1 fully saturated rings. The number of aliphatic imine (C=N–C) groups is 1. The zero-order valence-electron chi connectivity index (χ0n) is 16.1. The van der Waals surface area contributed by atoms with Gasteiger partial charge < -0.3 is 5.32 Å². The molecular formula is C21H24FN5OS. The second-order valence-electron chi connectivity index (χ2n) is 7.22. The van der Waals surface area contributed by atoms with Gasteiger partial charge >= 0.3 is 6.03 Å². The van der Waals surface area contributed by atoms with Crippen LogP contribution in [0.15, 0.2) is 47.5 Å². The number of piperidine rings is 1. The van der Waals surface area contributed by atoms with Crippen LogP contribution in [0.4, 0.5) is 15.0 Å². The molecule has 8 heteroatoms. The lowest BCUT2D eigenvalue weighted by Gasteiger charge is -2.26. The molecule has 1 saturated heterocycles. The molecule has 0 saturated carbocycles. The van der Waals surface area contributed by atoms with E-state index in [0.29, 0.717) is 11.6 Å². The first-order valence-electron chi connectivity index (χ1n) is 9.88. The summed E-state index contributed by atoms with van der Waals surface area (Å²) in [5.41, 5.74) is 1.68. The van der Waals surface area contributed by atoms with Gasteiger partial charge in [-0.2, -0.15) is 0 Å². The highest BCUT2D eigenvalue weighted by Gasteiger charge is 2.21. The van der Waals surface area contributed by atoms with Crippen LogP contribution in [0, 0.1) is 5.82 Å². The van der Waals surface area contributed by atoms with E-state index in [-0.39, 0.29) is 18.0 Å². The van der Waals surface area contributed by atoms with Crippen LogP contribution < -0.4 is 10.6 Å². The van der Waals surface area contributed by atoms with Crippen molar-refractivity contribution in [3.63, 3.8) is 0 Å². The van der Waals surface area contributed by atoms with Crippen LogP contribution >= 0.6 is 11.8 Å². The normalized spacial score (nSPS) is 19.6. The SMILES string of the molecule is O=C(Nc1cccc(CN2CCCCC2)n1)NC1CSC(c2cccc(F)c2)=N1. The van der Waals surface area contributed by atoms with Crippen molar-refractivity contribution in [1.29, 1.82) is 0 Å². The summed E-state index contributed by atoms with van der Waals surface area (Å²) in [5.74, 6) is 0.842. The van der Waals surface area contributed by atoms with E-state index >= 15 is 0 Å². The Bertz CT molecular complexity index is 900. The number of hydrogen-bond donors (Lipinski definition) is 2. The highest BCUT2D eigenvalue weighted by atomic mass is 32.2. The first-order valence-corrected chi connectivity index (χ1v) is 10.9. The van der Waals surface area contributed by atoms with Gasteiger partial charge in [0.15, 0.2) is 0 Å². The van der Waals surface area contributed by atoms with E-state index < -0.39 is 0 Å². The molecule has 0 radical (unpaired) electrons. The Balaban J connectivity index is 1.32. The van der Waals surface area contributed by atoms with Gasteiger partial charge in [0.05, 0.1) is 5.69 Å². The predicted molar refractivity (Wildman–Crippen MR) is 115 cm³/mol. The zero-order valence-corrected chi connectivity index (χ0v) is 16.9. The molecule has 1 unspecified atom stereocenters. The van der Waals surface area contributed by atoms with Gasteiger partial charge in [0.2, 0.25) is 0 Å². The number of likely N-dealkylation sites (tertiary alicyclic amines) is 1. The van der Waals surface area contributed by atoms with Crippen molar-refractivity contribution in [1.82, 2.24) is 15.2 Å². The Morgan fingerprint density at radius 1 is 1.17 bits per heavy atom. The number of thioether (sulfide) groups is 1. The summed E-state index contributed by atoms with van der Waals surface area (Å²) < 4.78 is 13.4. The fourth-order valence-corrected chi connectivity index (χ4v) is 4.48. The molecule has 2 aliphatic rings. The van der Waals surface area contributed by atoms with Gasteiger partial charge in [-0.3, -0.25) is 15.2 Å². The minimum Gasteiger partial charge on any atom is -0.315 e. The lowest BCUT2D eigenvalue weighted by atomic mass is 10.1. The van der Waals surface area contributed by atoms with E-state index in [1.165, 1.54) is 43.2 Å². The molecule has 0 aliphatic carbocycles. The maximum absolute atomic E-state index is 13.4. The molecule has 2 aromatic rings. The number of halogens is 1. The van der Waals surface area contributed by atoms with Gasteiger partial charge in [-0.05, 0) is 50.2 Å². The van der Waals surface area contributed by atoms with Crippen molar-refractivity contribution in [2.24, 2.45) is 4.99 Å². The maximum atomic E-state index is 13.4. The van der Waals surface area contributed by atoms with Gasteiger partial charge in [-0.15, -0.1) is 11.8 Å². The molecule has 2 N–H and O–H groups in total. The van der Waals surface area contributed by atoms with E-state index in [2.05, 4.69) is 25.5 Å². The summed E-state index contributed by atoms with van der Waals surface area (Å²) in [5, 5.41) is 6.36. The summed E-state index contributed by atoms with van der Waals surface area (Å²) in [6.07, 6.45) is 3.42. The molecule has 2 aliphatic heterocycles. The van der Waals surface area contributed by atoms with Crippen LogP contribution in [0.1, 0.15) is 30.5 Å². The fraction of sp³-hybridized carbons (Fsp3) is 0.381. The third kappa shape index (κ3) is 5.55. The summed E-state index contributed by atoms with van der Waals surface area (Å²) >= 11 is 1.50. The average Bonchev–Trinajstić information content (AvgIpc) is 3.17. The minimum absolute atomic E-state index is 0.296. The quantitative estimate of drug-likeness (QED) is 0.781.